The van der Waals surface area contributed by atoms with E-state index in [-0.39, 0.29) is 28.8 Å². The number of esters is 1. The Hall–Kier alpha value is -2.28. The van der Waals surface area contributed by atoms with E-state index < -0.39 is 18.7 Å². The van der Waals surface area contributed by atoms with Gasteiger partial charge in [0.05, 0.1) is 24.0 Å². The van der Waals surface area contributed by atoms with Crippen LogP contribution in [-0.2, 0) is 0 Å². The third-order valence-electron chi connectivity index (χ3n) is 2.99. The topological polar surface area (TPSA) is 99.0 Å². The number of halogens is 1. The second kappa shape index (κ2) is 7.82. The molecule has 0 aliphatic carbocycles. The van der Waals surface area contributed by atoms with Crippen LogP contribution in [0.3, 0.4) is 0 Å². The van der Waals surface area contributed by atoms with Crippen molar-refractivity contribution < 1.29 is 24.9 Å². The van der Waals surface area contributed by atoms with Crippen molar-refractivity contribution in [3.05, 3.63) is 53.1 Å². The van der Waals surface area contributed by atoms with E-state index in [4.69, 9.17) is 21.4 Å². The Balaban J connectivity index is 2.18. The fourth-order valence-electron chi connectivity index (χ4n) is 1.81. The molecule has 0 heterocycles. The number of nitrogens with one attached hydrogen (secondary N) is 1. The van der Waals surface area contributed by atoms with Crippen molar-refractivity contribution in [2.45, 2.75) is 6.10 Å². The molecule has 1 unspecified atom stereocenters. The van der Waals surface area contributed by atoms with Crippen molar-refractivity contribution in [3.8, 4) is 11.5 Å². The Bertz CT molecular complexity index is 678. The summed E-state index contributed by atoms with van der Waals surface area (Å²) in [4.78, 5) is 12.0. The van der Waals surface area contributed by atoms with Crippen LogP contribution in [0.4, 0.5) is 5.69 Å². The van der Waals surface area contributed by atoms with Crippen LogP contribution in [0.15, 0.2) is 42.5 Å². The van der Waals surface area contributed by atoms with Crippen LogP contribution < -0.4 is 10.1 Å². The highest BCUT2D eigenvalue weighted by atomic mass is 35.5. The summed E-state index contributed by atoms with van der Waals surface area (Å²) in [6.45, 7) is -0.430. The number of anilines is 1. The number of carbonyl (C=O) groups excluding carboxylic acids is 1. The number of phenols is 1. The first kappa shape index (κ1) is 17.1. The number of aromatic hydroxyl groups is 1. The summed E-state index contributed by atoms with van der Waals surface area (Å²) in [6.07, 6.45) is -0.997. The molecule has 23 heavy (non-hydrogen) atoms. The SMILES string of the molecule is O=C(Oc1cc(Cl)cc(NCC(O)CO)c1O)c1ccccc1. The Morgan fingerprint density at radius 3 is 2.61 bits per heavy atom. The van der Waals surface area contributed by atoms with Gasteiger partial charge in [0.25, 0.3) is 0 Å². The predicted molar refractivity (Wildman–Crippen MR) is 86.1 cm³/mol. The second-order valence-corrected chi connectivity index (χ2v) is 5.21. The first-order valence-electron chi connectivity index (χ1n) is 6.83. The molecule has 0 aromatic heterocycles. The minimum Gasteiger partial charge on any atom is -0.503 e. The van der Waals surface area contributed by atoms with Crippen LogP contribution in [0, 0.1) is 0 Å². The maximum atomic E-state index is 12.0. The van der Waals surface area contributed by atoms with Gasteiger partial charge in [0.2, 0.25) is 0 Å². The molecule has 7 heteroatoms. The first-order valence-corrected chi connectivity index (χ1v) is 7.21. The van der Waals surface area contributed by atoms with E-state index in [1.165, 1.54) is 12.1 Å². The standard InChI is InChI=1S/C16H16ClNO5/c17-11-6-13(18-8-12(20)9-19)15(21)14(7-11)23-16(22)10-4-2-1-3-5-10/h1-7,12,18-21H,8-9H2. The predicted octanol–water partition coefficient (Wildman–Crippen LogP) is 2.03. The van der Waals surface area contributed by atoms with Crippen LogP contribution in [0.25, 0.3) is 0 Å². The molecule has 2 rings (SSSR count). The molecule has 122 valence electrons. The molecule has 4 N–H and O–H groups in total. The van der Waals surface area contributed by atoms with Crippen molar-refractivity contribution >= 4 is 23.3 Å². The van der Waals surface area contributed by atoms with Gasteiger partial charge in [-0.15, -0.1) is 0 Å². The molecule has 2 aromatic carbocycles. The molecule has 0 saturated heterocycles. The zero-order valence-corrected chi connectivity index (χ0v) is 12.8. The fourth-order valence-corrected chi connectivity index (χ4v) is 2.02. The van der Waals surface area contributed by atoms with Gasteiger partial charge in [0, 0.05) is 17.6 Å². The number of ether oxygens (including phenoxy) is 1. The highest BCUT2D eigenvalue weighted by Gasteiger charge is 2.16. The Labute approximate surface area is 137 Å². The van der Waals surface area contributed by atoms with Gasteiger partial charge < -0.3 is 25.4 Å². The van der Waals surface area contributed by atoms with Gasteiger partial charge in [-0.3, -0.25) is 0 Å². The minimum atomic E-state index is -0.997. The molecular formula is C16H16ClNO5. The zero-order valence-electron chi connectivity index (χ0n) is 12.1. The monoisotopic (exact) mass is 337 g/mol. The van der Waals surface area contributed by atoms with Gasteiger partial charge in [-0.25, -0.2) is 4.79 Å². The molecule has 0 aliphatic rings. The van der Waals surface area contributed by atoms with Crippen LogP contribution >= 0.6 is 11.6 Å². The van der Waals surface area contributed by atoms with Crippen LogP contribution in [0.1, 0.15) is 10.4 Å². The summed E-state index contributed by atoms with van der Waals surface area (Å²) >= 11 is 5.95. The number of rotatable bonds is 6. The lowest BCUT2D eigenvalue weighted by molar-refractivity contribution is 0.0730. The van der Waals surface area contributed by atoms with Gasteiger partial charge in [0.1, 0.15) is 0 Å². The average molecular weight is 338 g/mol. The Kier molecular flexibility index (Phi) is 5.81. The number of hydrogen-bond acceptors (Lipinski definition) is 6. The summed E-state index contributed by atoms with van der Waals surface area (Å²) < 4.78 is 5.16. The van der Waals surface area contributed by atoms with Crippen molar-refractivity contribution in [1.82, 2.24) is 0 Å². The number of hydrogen-bond donors (Lipinski definition) is 4. The van der Waals surface area contributed by atoms with Crippen LogP contribution in [0.2, 0.25) is 5.02 Å². The molecule has 0 bridgehead atoms. The van der Waals surface area contributed by atoms with Crippen molar-refractivity contribution in [3.63, 3.8) is 0 Å². The number of aliphatic hydroxyl groups excluding tert-OH is 2. The van der Waals surface area contributed by atoms with Crippen molar-refractivity contribution in [2.24, 2.45) is 0 Å². The van der Waals surface area contributed by atoms with Gasteiger partial charge in [0.15, 0.2) is 11.5 Å². The molecule has 2 aromatic rings. The summed E-state index contributed by atoms with van der Waals surface area (Å²) in [5.41, 5.74) is 0.512. The number of carbonyl (C=O) groups is 1. The first-order chi connectivity index (χ1) is 11.0. The third-order valence-corrected chi connectivity index (χ3v) is 3.21. The minimum absolute atomic E-state index is 0.00350. The van der Waals surface area contributed by atoms with Gasteiger partial charge in [-0.2, -0.15) is 0 Å². The van der Waals surface area contributed by atoms with Gasteiger partial charge >= 0.3 is 5.97 Å². The molecular weight excluding hydrogens is 322 g/mol. The van der Waals surface area contributed by atoms with E-state index in [1.807, 2.05) is 0 Å². The highest BCUT2D eigenvalue weighted by Crippen LogP contribution is 2.37. The Morgan fingerprint density at radius 1 is 1.26 bits per heavy atom. The van der Waals surface area contributed by atoms with E-state index in [9.17, 15) is 15.0 Å². The largest absolute Gasteiger partial charge is 0.503 e. The molecule has 0 spiro atoms. The van der Waals surface area contributed by atoms with Crippen LogP contribution in [-0.4, -0.2) is 40.5 Å². The lowest BCUT2D eigenvalue weighted by atomic mass is 10.2. The second-order valence-electron chi connectivity index (χ2n) is 4.77. The quantitative estimate of drug-likeness (QED) is 0.366. The van der Waals surface area contributed by atoms with Crippen molar-refractivity contribution in [1.29, 1.82) is 0 Å². The number of benzene rings is 2. The summed E-state index contributed by atoms with van der Waals surface area (Å²) in [6, 6.07) is 11.0. The lowest BCUT2D eigenvalue weighted by Gasteiger charge is -2.14. The molecule has 0 aliphatic heterocycles. The highest BCUT2D eigenvalue weighted by molar-refractivity contribution is 6.31. The van der Waals surface area contributed by atoms with Gasteiger partial charge in [-0.05, 0) is 18.2 Å². The summed E-state index contributed by atoms with van der Waals surface area (Å²) in [5, 5.41) is 31.2. The number of aliphatic hydroxyl groups is 2. The van der Waals surface area contributed by atoms with Crippen molar-refractivity contribution in [2.75, 3.05) is 18.5 Å². The van der Waals surface area contributed by atoms with Gasteiger partial charge in [-0.1, -0.05) is 29.8 Å². The smallest absolute Gasteiger partial charge is 0.343 e. The fraction of sp³-hybridized carbons (Fsp3) is 0.188. The van der Waals surface area contributed by atoms with E-state index in [1.54, 1.807) is 30.3 Å². The van der Waals surface area contributed by atoms with E-state index in [2.05, 4.69) is 5.32 Å². The van der Waals surface area contributed by atoms with E-state index >= 15 is 0 Å². The molecule has 0 radical (unpaired) electrons. The maximum absolute atomic E-state index is 12.0. The molecule has 0 amide bonds. The molecule has 1 atom stereocenters. The summed E-state index contributed by atoms with van der Waals surface area (Å²) in [7, 11) is 0. The lowest BCUT2D eigenvalue weighted by Crippen LogP contribution is -2.23. The average Bonchev–Trinajstić information content (AvgIpc) is 2.56. The molecule has 0 saturated carbocycles. The van der Waals surface area contributed by atoms with E-state index in [0.29, 0.717) is 5.56 Å². The summed E-state index contributed by atoms with van der Waals surface area (Å²) in [5.74, 6) is -1.05. The zero-order chi connectivity index (χ0) is 16.8. The normalized spacial score (nSPS) is 11.8. The Morgan fingerprint density at radius 2 is 1.96 bits per heavy atom. The number of phenolic OH excluding ortho intramolecular Hbond substituents is 1. The van der Waals surface area contributed by atoms with E-state index in [0.717, 1.165) is 0 Å². The molecule has 6 nitrogen and oxygen atoms in total. The molecule has 0 fully saturated rings. The third kappa shape index (κ3) is 4.59. The maximum Gasteiger partial charge on any atom is 0.343 e. The van der Waals surface area contributed by atoms with Crippen LogP contribution in [0.5, 0.6) is 11.5 Å².